The van der Waals surface area contributed by atoms with E-state index in [0.29, 0.717) is 27.7 Å². The summed E-state index contributed by atoms with van der Waals surface area (Å²) in [4.78, 5) is 47.1. The average Bonchev–Trinajstić information content (AvgIpc) is 3.58. The second-order valence-corrected chi connectivity index (χ2v) is 12.0. The number of aryl methyl sites for hydroxylation is 3. The van der Waals surface area contributed by atoms with E-state index in [1.165, 1.54) is 28.0 Å². The summed E-state index contributed by atoms with van der Waals surface area (Å²) in [6.07, 6.45) is 4.62. The van der Waals surface area contributed by atoms with Crippen LogP contribution in [-0.2, 0) is 28.9 Å². The average molecular weight is 566 g/mol. The molecular formula is C28H27N3O4S3. The summed E-state index contributed by atoms with van der Waals surface area (Å²) in [5.74, 6) is -0.744. The van der Waals surface area contributed by atoms with Crippen molar-refractivity contribution < 1.29 is 14.3 Å². The highest BCUT2D eigenvalue weighted by Crippen LogP contribution is 2.40. The van der Waals surface area contributed by atoms with Crippen molar-refractivity contribution in [3.05, 3.63) is 74.2 Å². The zero-order chi connectivity index (χ0) is 26.8. The molecule has 0 fully saturated rings. The zero-order valence-corrected chi connectivity index (χ0v) is 23.6. The Hall–Kier alpha value is -3.21. The van der Waals surface area contributed by atoms with Crippen molar-refractivity contribution >= 4 is 61.5 Å². The molecule has 0 saturated heterocycles. The van der Waals surface area contributed by atoms with Gasteiger partial charge < -0.3 is 10.1 Å². The molecule has 0 atom stereocenters. The highest BCUT2D eigenvalue weighted by Gasteiger charge is 2.26. The van der Waals surface area contributed by atoms with Gasteiger partial charge >= 0.3 is 5.97 Å². The van der Waals surface area contributed by atoms with E-state index in [9.17, 15) is 14.4 Å². The number of aromatic nitrogens is 2. The van der Waals surface area contributed by atoms with E-state index in [-0.39, 0.29) is 23.8 Å². The Balaban J connectivity index is 1.42. The van der Waals surface area contributed by atoms with Gasteiger partial charge in [0.05, 0.1) is 17.7 Å². The van der Waals surface area contributed by atoms with Crippen LogP contribution in [-0.4, -0.2) is 33.8 Å². The number of hydrogen-bond donors (Lipinski definition) is 1. The summed E-state index contributed by atoms with van der Waals surface area (Å²) >= 11 is 4.12. The highest BCUT2D eigenvalue weighted by molar-refractivity contribution is 7.99. The number of nitrogens with zero attached hydrogens (tertiary/aromatic N) is 2. The Labute approximate surface area is 232 Å². The number of carbonyl (C=O) groups excluding carboxylic acids is 2. The predicted octanol–water partition coefficient (Wildman–Crippen LogP) is 6.08. The van der Waals surface area contributed by atoms with Gasteiger partial charge in [-0.25, -0.2) is 9.78 Å². The van der Waals surface area contributed by atoms with E-state index in [2.05, 4.69) is 11.9 Å². The van der Waals surface area contributed by atoms with Gasteiger partial charge in [0.1, 0.15) is 15.4 Å². The number of benzene rings is 1. The molecule has 5 rings (SSSR count). The molecule has 0 aliphatic heterocycles. The molecule has 0 radical (unpaired) electrons. The van der Waals surface area contributed by atoms with Crippen LogP contribution in [0.5, 0.6) is 0 Å². The van der Waals surface area contributed by atoms with Crippen molar-refractivity contribution in [1.82, 2.24) is 9.55 Å². The van der Waals surface area contributed by atoms with Crippen LogP contribution in [0.3, 0.4) is 0 Å². The molecule has 10 heteroatoms. The zero-order valence-electron chi connectivity index (χ0n) is 21.2. The fourth-order valence-corrected chi connectivity index (χ4v) is 7.93. The molecule has 1 aliphatic carbocycles. The predicted molar refractivity (Wildman–Crippen MR) is 156 cm³/mol. The molecule has 0 spiro atoms. The van der Waals surface area contributed by atoms with Gasteiger partial charge in [-0.15, -0.1) is 29.3 Å². The van der Waals surface area contributed by atoms with Crippen LogP contribution in [0.25, 0.3) is 21.3 Å². The Morgan fingerprint density at radius 3 is 2.76 bits per heavy atom. The topological polar surface area (TPSA) is 90.3 Å². The van der Waals surface area contributed by atoms with Crippen LogP contribution >= 0.6 is 34.4 Å². The third-order valence-electron chi connectivity index (χ3n) is 6.31. The first kappa shape index (κ1) is 26.4. The monoisotopic (exact) mass is 565 g/mol. The Bertz CT molecular complexity index is 1600. The van der Waals surface area contributed by atoms with E-state index in [0.717, 1.165) is 45.7 Å². The lowest BCUT2D eigenvalue weighted by Crippen LogP contribution is -2.24. The maximum atomic E-state index is 13.4. The number of hydrogen-bond acceptors (Lipinski definition) is 8. The summed E-state index contributed by atoms with van der Waals surface area (Å²) < 4.78 is 6.92. The summed E-state index contributed by atoms with van der Waals surface area (Å²) in [5, 5.41) is 4.55. The van der Waals surface area contributed by atoms with Crippen LogP contribution in [0, 0.1) is 6.92 Å². The standard InChI is InChI=1S/C28H27N3O4S3/c1-4-14-31-26(33)22-18-12-9-13-19(18)38-24(22)30-28(31)36-15-20(32)29-25-23(27(34)35-5-2)21(16(3)37-25)17-10-7-6-8-11-17/h4,6-8,10-11H,1,5,9,12-15H2,2-3H3,(H,29,32). The number of thioether (sulfide) groups is 1. The van der Waals surface area contributed by atoms with Crippen LogP contribution in [0.2, 0.25) is 0 Å². The largest absolute Gasteiger partial charge is 0.462 e. The normalized spacial score (nSPS) is 12.5. The first-order valence-electron chi connectivity index (χ1n) is 12.4. The van der Waals surface area contributed by atoms with Crippen molar-refractivity contribution in [2.45, 2.75) is 44.8 Å². The third-order valence-corrected chi connectivity index (χ3v) is 9.50. The number of carbonyl (C=O) groups is 2. The van der Waals surface area contributed by atoms with Crippen molar-refractivity contribution in [2.24, 2.45) is 0 Å². The molecule has 0 bridgehead atoms. The second-order valence-electron chi connectivity index (χ2n) is 8.80. The van der Waals surface area contributed by atoms with Gasteiger partial charge in [0, 0.05) is 21.9 Å². The Morgan fingerprint density at radius 2 is 2.03 bits per heavy atom. The number of fused-ring (bicyclic) bond motifs is 3. The quantitative estimate of drug-likeness (QED) is 0.115. The van der Waals surface area contributed by atoms with Gasteiger partial charge in [-0.05, 0) is 44.2 Å². The molecular weight excluding hydrogens is 539 g/mol. The van der Waals surface area contributed by atoms with Crippen molar-refractivity contribution in [1.29, 1.82) is 0 Å². The molecule has 3 aromatic heterocycles. The maximum absolute atomic E-state index is 13.4. The second kappa shape index (κ2) is 11.3. The fourth-order valence-electron chi connectivity index (χ4n) is 4.73. The Kier molecular flexibility index (Phi) is 7.83. The Morgan fingerprint density at radius 1 is 1.24 bits per heavy atom. The summed E-state index contributed by atoms with van der Waals surface area (Å²) in [6, 6.07) is 9.59. The van der Waals surface area contributed by atoms with Gasteiger partial charge in [0.2, 0.25) is 5.91 Å². The summed E-state index contributed by atoms with van der Waals surface area (Å²) in [6.45, 7) is 8.01. The number of nitrogens with one attached hydrogen (secondary N) is 1. The number of anilines is 1. The lowest BCUT2D eigenvalue weighted by molar-refractivity contribution is -0.113. The molecule has 1 N–H and O–H groups in total. The summed E-state index contributed by atoms with van der Waals surface area (Å²) in [7, 11) is 0. The van der Waals surface area contributed by atoms with Gasteiger partial charge in [0.15, 0.2) is 5.16 Å². The molecule has 7 nitrogen and oxygen atoms in total. The van der Waals surface area contributed by atoms with Crippen molar-refractivity contribution in [2.75, 3.05) is 17.7 Å². The van der Waals surface area contributed by atoms with Crippen molar-refractivity contribution in [3.8, 4) is 11.1 Å². The molecule has 196 valence electrons. The van der Waals surface area contributed by atoms with E-state index in [4.69, 9.17) is 9.72 Å². The van der Waals surface area contributed by atoms with Crippen molar-refractivity contribution in [3.63, 3.8) is 0 Å². The van der Waals surface area contributed by atoms with Crippen LogP contribution < -0.4 is 10.9 Å². The number of amides is 1. The third kappa shape index (κ3) is 4.95. The highest BCUT2D eigenvalue weighted by atomic mass is 32.2. The molecule has 3 heterocycles. The molecule has 4 aromatic rings. The molecule has 38 heavy (non-hydrogen) atoms. The van der Waals surface area contributed by atoms with E-state index < -0.39 is 5.97 Å². The molecule has 1 aromatic carbocycles. The minimum atomic E-state index is -0.476. The maximum Gasteiger partial charge on any atom is 0.341 e. The first-order valence-corrected chi connectivity index (χ1v) is 15.0. The fraction of sp³-hybridized carbons (Fsp3) is 0.286. The number of thiophene rings is 2. The SMILES string of the molecule is C=CCn1c(SCC(=O)Nc2sc(C)c(-c3ccccc3)c2C(=O)OCC)nc2sc3c(c2c1=O)CCC3. The minimum absolute atomic E-state index is 0.0278. The van der Waals surface area contributed by atoms with Crippen LogP contribution in [0.4, 0.5) is 5.00 Å². The molecule has 1 amide bonds. The van der Waals surface area contributed by atoms with Gasteiger partial charge in [0.25, 0.3) is 5.56 Å². The van der Waals surface area contributed by atoms with Gasteiger partial charge in [-0.2, -0.15) is 0 Å². The lowest BCUT2D eigenvalue weighted by atomic mass is 10.0. The van der Waals surface area contributed by atoms with E-state index in [1.54, 1.807) is 28.9 Å². The molecule has 0 saturated carbocycles. The first-order chi connectivity index (χ1) is 18.4. The van der Waals surface area contributed by atoms with E-state index in [1.807, 2.05) is 37.3 Å². The van der Waals surface area contributed by atoms with Crippen LogP contribution in [0.15, 0.2) is 52.9 Å². The van der Waals surface area contributed by atoms with Gasteiger partial charge in [-0.1, -0.05) is 48.2 Å². The number of ether oxygens (including phenoxy) is 1. The minimum Gasteiger partial charge on any atom is -0.462 e. The molecule has 1 aliphatic rings. The number of allylic oxidation sites excluding steroid dienone is 1. The van der Waals surface area contributed by atoms with E-state index >= 15 is 0 Å². The lowest BCUT2D eigenvalue weighted by Gasteiger charge is -2.11. The summed E-state index contributed by atoms with van der Waals surface area (Å²) in [5.41, 5.74) is 3.05. The smallest absolute Gasteiger partial charge is 0.341 e. The number of rotatable bonds is 9. The molecule has 0 unspecified atom stereocenters. The van der Waals surface area contributed by atoms with Crippen LogP contribution in [0.1, 0.15) is 39.0 Å². The number of esters is 1. The van der Waals surface area contributed by atoms with Gasteiger partial charge in [-0.3, -0.25) is 14.2 Å².